The van der Waals surface area contributed by atoms with Crippen LogP contribution in [0.2, 0.25) is 5.02 Å². The molecule has 0 unspecified atom stereocenters. The summed E-state index contributed by atoms with van der Waals surface area (Å²) in [6.07, 6.45) is 3.55. The third-order valence-corrected chi connectivity index (χ3v) is 4.59. The van der Waals surface area contributed by atoms with Crippen molar-refractivity contribution in [2.24, 2.45) is 0 Å². The van der Waals surface area contributed by atoms with Gasteiger partial charge in [-0.15, -0.1) is 0 Å². The van der Waals surface area contributed by atoms with E-state index in [-0.39, 0.29) is 0 Å². The first-order chi connectivity index (χ1) is 10.1. The molecule has 5 heteroatoms. The molecule has 3 nitrogen and oxygen atoms in total. The van der Waals surface area contributed by atoms with Gasteiger partial charge in [0, 0.05) is 24.2 Å². The summed E-state index contributed by atoms with van der Waals surface area (Å²) in [6.45, 7) is 8.41. The SMILES string of the molecule is CCCN1CCC(Nc2cc(Cl)cc(Br)c2OCC)CC1. The van der Waals surface area contributed by atoms with Gasteiger partial charge in [-0.1, -0.05) is 18.5 Å². The number of anilines is 1. The first-order valence-electron chi connectivity index (χ1n) is 7.74. The average Bonchev–Trinajstić information content (AvgIpc) is 2.45. The number of hydrogen-bond acceptors (Lipinski definition) is 3. The predicted molar refractivity (Wildman–Crippen MR) is 93.7 cm³/mol. The van der Waals surface area contributed by atoms with E-state index in [1.807, 2.05) is 19.1 Å². The fraction of sp³-hybridized carbons (Fsp3) is 0.625. The van der Waals surface area contributed by atoms with Crippen molar-refractivity contribution in [1.82, 2.24) is 4.90 Å². The van der Waals surface area contributed by atoms with Crippen LogP contribution < -0.4 is 10.1 Å². The van der Waals surface area contributed by atoms with Gasteiger partial charge < -0.3 is 15.0 Å². The van der Waals surface area contributed by atoms with Crippen molar-refractivity contribution in [1.29, 1.82) is 0 Å². The number of likely N-dealkylation sites (tertiary alicyclic amines) is 1. The molecule has 0 atom stereocenters. The van der Waals surface area contributed by atoms with Gasteiger partial charge in [0.2, 0.25) is 0 Å². The van der Waals surface area contributed by atoms with Gasteiger partial charge in [0.1, 0.15) is 0 Å². The Kier molecular flexibility index (Phi) is 6.65. The Labute approximate surface area is 141 Å². The van der Waals surface area contributed by atoms with Crippen LogP contribution in [0.5, 0.6) is 5.75 Å². The summed E-state index contributed by atoms with van der Waals surface area (Å²) in [5.41, 5.74) is 0.991. The van der Waals surface area contributed by atoms with Gasteiger partial charge in [0.25, 0.3) is 0 Å². The van der Waals surface area contributed by atoms with E-state index in [4.69, 9.17) is 16.3 Å². The molecular formula is C16H24BrClN2O. The average molecular weight is 376 g/mol. The first kappa shape index (κ1) is 16.9. The molecule has 118 valence electrons. The summed E-state index contributed by atoms with van der Waals surface area (Å²) < 4.78 is 6.65. The van der Waals surface area contributed by atoms with Gasteiger partial charge in [-0.3, -0.25) is 0 Å². The lowest BCUT2D eigenvalue weighted by atomic mass is 10.0. The molecule has 1 heterocycles. The summed E-state index contributed by atoms with van der Waals surface area (Å²) in [4.78, 5) is 2.54. The van der Waals surface area contributed by atoms with Gasteiger partial charge in [-0.25, -0.2) is 0 Å². The number of nitrogens with one attached hydrogen (secondary N) is 1. The molecule has 0 aromatic heterocycles. The van der Waals surface area contributed by atoms with E-state index in [2.05, 4.69) is 33.1 Å². The Morgan fingerprint density at radius 3 is 2.67 bits per heavy atom. The van der Waals surface area contributed by atoms with E-state index >= 15 is 0 Å². The van der Waals surface area contributed by atoms with E-state index in [0.717, 1.165) is 46.9 Å². The quantitative estimate of drug-likeness (QED) is 0.774. The monoisotopic (exact) mass is 374 g/mol. The highest BCUT2D eigenvalue weighted by molar-refractivity contribution is 9.10. The van der Waals surface area contributed by atoms with E-state index in [1.165, 1.54) is 13.0 Å². The Morgan fingerprint density at radius 2 is 2.05 bits per heavy atom. The fourth-order valence-electron chi connectivity index (χ4n) is 2.80. The second-order valence-corrected chi connectivity index (χ2v) is 6.75. The molecule has 2 rings (SSSR count). The molecule has 1 saturated heterocycles. The van der Waals surface area contributed by atoms with Gasteiger partial charge >= 0.3 is 0 Å². The fourth-order valence-corrected chi connectivity index (χ4v) is 3.72. The highest BCUT2D eigenvalue weighted by Gasteiger charge is 2.20. The van der Waals surface area contributed by atoms with Crippen molar-refractivity contribution in [2.45, 2.75) is 39.2 Å². The van der Waals surface area contributed by atoms with Crippen molar-refractivity contribution < 1.29 is 4.74 Å². The number of benzene rings is 1. The summed E-state index contributed by atoms with van der Waals surface area (Å²) in [5.74, 6) is 0.859. The van der Waals surface area contributed by atoms with Crippen molar-refractivity contribution in [3.8, 4) is 5.75 Å². The Balaban J connectivity index is 2.02. The minimum absolute atomic E-state index is 0.489. The zero-order valence-corrected chi connectivity index (χ0v) is 15.1. The zero-order chi connectivity index (χ0) is 15.2. The standard InChI is InChI=1S/C16H24BrClN2O/c1-3-7-20-8-5-13(6-9-20)19-15-11-12(18)10-14(17)16(15)21-4-2/h10-11,13,19H,3-9H2,1-2H3. The first-order valence-corrected chi connectivity index (χ1v) is 8.91. The zero-order valence-electron chi connectivity index (χ0n) is 12.8. The van der Waals surface area contributed by atoms with Crippen LogP contribution in [0.4, 0.5) is 5.69 Å². The van der Waals surface area contributed by atoms with Crippen molar-refractivity contribution >= 4 is 33.2 Å². The maximum atomic E-state index is 6.17. The van der Waals surface area contributed by atoms with Crippen LogP contribution in [0.1, 0.15) is 33.1 Å². The van der Waals surface area contributed by atoms with E-state index < -0.39 is 0 Å². The smallest absolute Gasteiger partial charge is 0.156 e. The Morgan fingerprint density at radius 1 is 1.33 bits per heavy atom. The van der Waals surface area contributed by atoms with E-state index in [0.29, 0.717) is 12.6 Å². The summed E-state index contributed by atoms with van der Waals surface area (Å²) >= 11 is 9.71. The highest BCUT2D eigenvalue weighted by Crippen LogP contribution is 2.37. The van der Waals surface area contributed by atoms with Crippen LogP contribution in [0, 0.1) is 0 Å². The summed E-state index contributed by atoms with van der Waals surface area (Å²) in [7, 11) is 0. The molecule has 1 aromatic carbocycles. The van der Waals surface area contributed by atoms with Crippen LogP contribution in [-0.2, 0) is 0 Å². The molecule has 0 amide bonds. The molecule has 1 N–H and O–H groups in total. The third kappa shape index (κ3) is 4.76. The third-order valence-electron chi connectivity index (χ3n) is 3.78. The molecule has 1 aliphatic heterocycles. The Bertz CT molecular complexity index is 462. The number of rotatable bonds is 6. The largest absolute Gasteiger partial charge is 0.491 e. The number of halogens is 2. The van der Waals surface area contributed by atoms with Crippen LogP contribution in [0.25, 0.3) is 0 Å². The molecule has 0 radical (unpaired) electrons. The molecule has 0 bridgehead atoms. The van der Waals surface area contributed by atoms with Gasteiger partial charge in [-0.2, -0.15) is 0 Å². The number of hydrogen-bond donors (Lipinski definition) is 1. The maximum Gasteiger partial charge on any atom is 0.156 e. The number of nitrogens with zero attached hydrogens (tertiary/aromatic N) is 1. The molecule has 0 spiro atoms. The summed E-state index contributed by atoms with van der Waals surface area (Å²) in [5, 5.41) is 4.33. The van der Waals surface area contributed by atoms with Gasteiger partial charge in [0.15, 0.2) is 5.75 Å². The topological polar surface area (TPSA) is 24.5 Å². The minimum Gasteiger partial charge on any atom is -0.491 e. The van der Waals surface area contributed by atoms with Crippen LogP contribution in [-0.4, -0.2) is 37.2 Å². The van der Waals surface area contributed by atoms with Crippen molar-refractivity contribution in [3.05, 3.63) is 21.6 Å². The lowest BCUT2D eigenvalue weighted by Crippen LogP contribution is -2.39. The normalized spacial score (nSPS) is 17.0. The molecular weight excluding hydrogens is 352 g/mol. The molecule has 1 aliphatic rings. The van der Waals surface area contributed by atoms with Crippen molar-refractivity contribution in [2.75, 3.05) is 31.6 Å². The van der Waals surface area contributed by atoms with Gasteiger partial charge in [-0.05, 0) is 60.8 Å². The molecule has 0 saturated carbocycles. The molecule has 1 fully saturated rings. The van der Waals surface area contributed by atoms with Crippen LogP contribution >= 0.6 is 27.5 Å². The maximum absolute atomic E-state index is 6.17. The molecule has 21 heavy (non-hydrogen) atoms. The Hall–Kier alpha value is -0.450. The number of ether oxygens (including phenoxy) is 1. The van der Waals surface area contributed by atoms with E-state index in [1.54, 1.807) is 0 Å². The van der Waals surface area contributed by atoms with Crippen LogP contribution in [0.15, 0.2) is 16.6 Å². The lowest BCUT2D eigenvalue weighted by molar-refractivity contribution is 0.219. The van der Waals surface area contributed by atoms with E-state index in [9.17, 15) is 0 Å². The van der Waals surface area contributed by atoms with Crippen LogP contribution in [0.3, 0.4) is 0 Å². The highest BCUT2D eigenvalue weighted by atomic mass is 79.9. The second kappa shape index (κ2) is 8.25. The second-order valence-electron chi connectivity index (χ2n) is 5.46. The number of piperidine rings is 1. The van der Waals surface area contributed by atoms with Gasteiger partial charge in [0.05, 0.1) is 16.8 Å². The lowest BCUT2D eigenvalue weighted by Gasteiger charge is -2.33. The predicted octanol–water partition coefficient (Wildman–Crippen LogP) is 4.79. The molecule has 1 aromatic rings. The summed E-state index contributed by atoms with van der Waals surface area (Å²) in [6, 6.07) is 4.32. The molecule has 0 aliphatic carbocycles. The minimum atomic E-state index is 0.489. The van der Waals surface area contributed by atoms with Crippen molar-refractivity contribution in [3.63, 3.8) is 0 Å².